The fourth-order valence-electron chi connectivity index (χ4n) is 10.1. The van der Waals surface area contributed by atoms with Crippen molar-refractivity contribution >= 4 is 5.97 Å². The molecular formula is C28H40O7. The van der Waals surface area contributed by atoms with Gasteiger partial charge in [-0.25, -0.2) is 0 Å². The summed E-state index contributed by atoms with van der Waals surface area (Å²) in [7, 11) is 0. The SMILES string of the molecule is CC(=O)O[C@@H]1C[C@H]2C(C)(C)C(O)CC[C@]2(C)[C@H]2CC[C@@]3(C)[C@@H](c4ccoc4)OC(O)[C@H]4O[C@]43[C@@]21C. The molecule has 11 atom stereocenters. The number of carbonyl (C=O) groups excluding carboxylic acids is 1. The Hall–Kier alpha value is -1.41. The molecule has 2 saturated heterocycles. The summed E-state index contributed by atoms with van der Waals surface area (Å²) in [5, 5.41) is 22.1. The van der Waals surface area contributed by atoms with Crippen LogP contribution in [0.5, 0.6) is 0 Å². The van der Waals surface area contributed by atoms with Crippen LogP contribution in [-0.2, 0) is 19.0 Å². The number of ether oxygens (including phenoxy) is 3. The fraction of sp³-hybridized carbons (Fsp3) is 0.821. The average molecular weight is 489 g/mol. The highest BCUT2D eigenvalue weighted by molar-refractivity contribution is 5.66. The summed E-state index contributed by atoms with van der Waals surface area (Å²) >= 11 is 0. The second-order valence-corrected chi connectivity index (χ2v) is 13.3. The number of rotatable bonds is 2. The summed E-state index contributed by atoms with van der Waals surface area (Å²) in [5.41, 5.74) is -1.09. The molecule has 0 aromatic carbocycles. The number of hydrogen-bond donors (Lipinski definition) is 2. The summed E-state index contributed by atoms with van der Waals surface area (Å²) in [6.45, 7) is 12.7. The summed E-state index contributed by atoms with van der Waals surface area (Å²) in [5.74, 6) is 0.111. The van der Waals surface area contributed by atoms with Crippen LogP contribution >= 0.6 is 0 Å². The van der Waals surface area contributed by atoms with Crippen molar-refractivity contribution in [2.45, 2.75) is 110 Å². The van der Waals surface area contributed by atoms with E-state index in [1.807, 2.05) is 6.07 Å². The molecule has 1 spiro atoms. The Balaban J connectivity index is 1.52. The van der Waals surface area contributed by atoms with Crippen molar-refractivity contribution < 1.29 is 33.6 Å². The lowest BCUT2D eigenvalue weighted by atomic mass is 9.34. The predicted octanol–water partition coefficient (Wildman–Crippen LogP) is 4.37. The van der Waals surface area contributed by atoms with Crippen molar-refractivity contribution in [2.75, 3.05) is 0 Å². The monoisotopic (exact) mass is 488 g/mol. The number of hydrogen-bond acceptors (Lipinski definition) is 7. The predicted molar refractivity (Wildman–Crippen MR) is 126 cm³/mol. The maximum Gasteiger partial charge on any atom is 0.302 e. The Morgan fingerprint density at radius 2 is 1.83 bits per heavy atom. The molecule has 0 amide bonds. The zero-order valence-corrected chi connectivity index (χ0v) is 21.7. The Kier molecular flexibility index (Phi) is 4.87. The Morgan fingerprint density at radius 1 is 1.09 bits per heavy atom. The lowest BCUT2D eigenvalue weighted by Gasteiger charge is -2.70. The number of esters is 1. The number of aliphatic hydroxyl groups excluding tert-OH is 2. The average Bonchev–Trinajstić information content (AvgIpc) is 3.35. The summed E-state index contributed by atoms with van der Waals surface area (Å²) in [4.78, 5) is 12.5. The van der Waals surface area contributed by atoms with Gasteiger partial charge in [-0.3, -0.25) is 4.79 Å². The molecular weight excluding hydrogens is 448 g/mol. The van der Waals surface area contributed by atoms with Crippen LogP contribution < -0.4 is 0 Å². The number of furan rings is 1. The van der Waals surface area contributed by atoms with E-state index < -0.39 is 28.8 Å². The molecule has 3 heterocycles. The topological polar surface area (TPSA) is 102 Å². The second kappa shape index (κ2) is 7.12. The van der Waals surface area contributed by atoms with Crippen LogP contribution in [0, 0.1) is 33.5 Å². The molecule has 2 unspecified atom stereocenters. The molecule has 7 nitrogen and oxygen atoms in total. The molecule has 3 saturated carbocycles. The highest BCUT2D eigenvalue weighted by atomic mass is 16.7. The molecule has 1 aromatic rings. The van der Waals surface area contributed by atoms with Gasteiger partial charge in [0, 0.05) is 23.3 Å². The minimum absolute atomic E-state index is 0.0465. The van der Waals surface area contributed by atoms with Gasteiger partial charge in [0.2, 0.25) is 0 Å². The standard InChI is InChI=1S/C28H40O7/c1-15(29)33-20-13-18-24(2,3)19(30)8-10-25(18,4)17-7-11-26(5)21(16-9-12-32-14-16)34-23(31)22-28(26,35-22)27(17,20)6/h9,12,14,17-23,30-31H,7-8,10-11,13H2,1-6H3/t17-,18+,19?,20-,21-,22-,23?,25-,26+,27+,28-/m1/s1. The largest absolute Gasteiger partial charge is 0.472 e. The Labute approximate surface area is 207 Å². The first-order chi connectivity index (χ1) is 16.3. The van der Waals surface area contributed by atoms with Crippen LogP contribution in [0.15, 0.2) is 23.0 Å². The van der Waals surface area contributed by atoms with E-state index in [0.29, 0.717) is 6.42 Å². The van der Waals surface area contributed by atoms with E-state index in [4.69, 9.17) is 18.6 Å². The molecule has 2 aliphatic heterocycles. The summed E-state index contributed by atoms with van der Waals surface area (Å²) < 4.78 is 24.4. The van der Waals surface area contributed by atoms with Gasteiger partial charge in [0.05, 0.1) is 24.7 Å². The third-order valence-corrected chi connectivity index (χ3v) is 11.7. The van der Waals surface area contributed by atoms with Gasteiger partial charge in [-0.2, -0.15) is 0 Å². The van der Waals surface area contributed by atoms with Crippen LogP contribution in [0.2, 0.25) is 0 Å². The van der Waals surface area contributed by atoms with Gasteiger partial charge in [0.25, 0.3) is 0 Å². The van der Waals surface area contributed by atoms with E-state index in [9.17, 15) is 15.0 Å². The van der Waals surface area contributed by atoms with Crippen LogP contribution in [0.1, 0.15) is 85.3 Å². The Bertz CT molecular complexity index is 1020. The molecule has 3 aliphatic carbocycles. The molecule has 5 fully saturated rings. The molecule has 194 valence electrons. The van der Waals surface area contributed by atoms with Gasteiger partial charge in [-0.1, -0.05) is 34.6 Å². The van der Waals surface area contributed by atoms with E-state index in [2.05, 4.69) is 34.6 Å². The van der Waals surface area contributed by atoms with Crippen LogP contribution in [0.4, 0.5) is 0 Å². The number of epoxide rings is 1. The van der Waals surface area contributed by atoms with Crippen molar-refractivity contribution in [3.05, 3.63) is 24.2 Å². The fourth-order valence-corrected chi connectivity index (χ4v) is 10.1. The van der Waals surface area contributed by atoms with E-state index >= 15 is 0 Å². The van der Waals surface area contributed by atoms with Gasteiger partial charge in [0.1, 0.15) is 17.8 Å². The van der Waals surface area contributed by atoms with Gasteiger partial charge in [-0.05, 0) is 60.8 Å². The number of aliphatic hydroxyl groups is 2. The first kappa shape index (κ1) is 24.0. The van der Waals surface area contributed by atoms with Gasteiger partial charge >= 0.3 is 5.97 Å². The highest BCUT2D eigenvalue weighted by Crippen LogP contribution is 2.80. The zero-order valence-electron chi connectivity index (χ0n) is 21.7. The number of carbonyl (C=O) groups is 1. The van der Waals surface area contributed by atoms with Gasteiger partial charge in [-0.15, -0.1) is 0 Å². The van der Waals surface area contributed by atoms with E-state index in [1.165, 1.54) is 6.92 Å². The highest BCUT2D eigenvalue weighted by Gasteiger charge is 2.87. The molecule has 35 heavy (non-hydrogen) atoms. The lowest BCUT2D eigenvalue weighted by molar-refractivity contribution is -0.294. The molecule has 5 aliphatic rings. The first-order valence-electron chi connectivity index (χ1n) is 13.2. The van der Waals surface area contributed by atoms with Crippen molar-refractivity contribution in [1.82, 2.24) is 0 Å². The maximum atomic E-state index is 12.5. The number of fused-ring (bicyclic) bond motifs is 3. The molecule has 1 aromatic heterocycles. The zero-order chi connectivity index (χ0) is 25.2. The van der Waals surface area contributed by atoms with E-state index in [-0.39, 0.29) is 46.9 Å². The van der Waals surface area contributed by atoms with Crippen molar-refractivity contribution in [1.29, 1.82) is 0 Å². The molecule has 6 rings (SSSR count). The minimum atomic E-state index is -1.06. The first-order valence-corrected chi connectivity index (χ1v) is 13.2. The van der Waals surface area contributed by atoms with Crippen molar-refractivity contribution in [3.63, 3.8) is 0 Å². The van der Waals surface area contributed by atoms with Crippen LogP contribution in [0.25, 0.3) is 0 Å². The molecule has 7 heteroatoms. The lowest BCUT2D eigenvalue weighted by Crippen LogP contribution is -2.73. The summed E-state index contributed by atoms with van der Waals surface area (Å²) in [6.07, 6.45) is 4.82. The third-order valence-electron chi connectivity index (χ3n) is 11.7. The smallest absolute Gasteiger partial charge is 0.302 e. The van der Waals surface area contributed by atoms with E-state index in [1.54, 1.807) is 12.5 Å². The van der Waals surface area contributed by atoms with Crippen molar-refractivity contribution in [3.8, 4) is 0 Å². The van der Waals surface area contributed by atoms with Gasteiger partial charge < -0.3 is 28.8 Å². The van der Waals surface area contributed by atoms with Gasteiger partial charge in [0.15, 0.2) is 6.29 Å². The van der Waals surface area contributed by atoms with Crippen LogP contribution in [0.3, 0.4) is 0 Å². The minimum Gasteiger partial charge on any atom is -0.472 e. The molecule has 2 N–H and O–H groups in total. The maximum absolute atomic E-state index is 12.5. The second-order valence-electron chi connectivity index (χ2n) is 13.3. The normalized spacial score (nSPS) is 54.0. The summed E-state index contributed by atoms with van der Waals surface area (Å²) in [6, 6.07) is 1.90. The molecule has 0 bridgehead atoms. The third kappa shape index (κ3) is 2.68. The molecule has 0 radical (unpaired) electrons. The van der Waals surface area contributed by atoms with Crippen molar-refractivity contribution in [2.24, 2.45) is 33.5 Å². The van der Waals surface area contributed by atoms with E-state index in [0.717, 1.165) is 31.2 Å². The quantitative estimate of drug-likeness (QED) is 0.471. The Morgan fingerprint density at radius 3 is 2.49 bits per heavy atom. The van der Waals surface area contributed by atoms with Crippen LogP contribution in [-0.4, -0.2) is 46.4 Å².